The van der Waals surface area contributed by atoms with Gasteiger partial charge in [0.05, 0.1) is 23.4 Å². The molecular formula is C25H39N5O5S2. The molecule has 2 aliphatic carbocycles. The maximum atomic E-state index is 12.7. The normalized spacial score (nSPS) is 19.7. The number of aromatic nitrogens is 4. The predicted octanol–water partition coefficient (Wildman–Crippen LogP) is 4.33. The van der Waals surface area contributed by atoms with Crippen LogP contribution >= 0.6 is 27.0 Å². The van der Waals surface area contributed by atoms with E-state index < -0.39 is 5.97 Å². The summed E-state index contributed by atoms with van der Waals surface area (Å²) >= 11 is 0. The molecule has 2 aromatic rings. The number of nitrogens with zero attached hydrogens (tertiary/aromatic N) is 5. The zero-order chi connectivity index (χ0) is 25.2. The first kappa shape index (κ1) is 30.8. The lowest BCUT2D eigenvalue weighted by Gasteiger charge is -2.27. The monoisotopic (exact) mass is 553 g/mol. The van der Waals surface area contributed by atoms with Crippen LogP contribution < -0.4 is 4.74 Å². The predicted molar refractivity (Wildman–Crippen MR) is 149 cm³/mol. The molecule has 0 radical (unpaired) electrons. The van der Waals surface area contributed by atoms with Gasteiger partial charge in [-0.3, -0.25) is 4.79 Å². The van der Waals surface area contributed by atoms with E-state index in [4.69, 9.17) is 9.47 Å². The number of carbonyl (C=O) groups excluding carboxylic acids is 1. The minimum absolute atomic E-state index is 0. The molecule has 2 fully saturated rings. The molecule has 37 heavy (non-hydrogen) atoms. The standard InChI is InChI=1S/C25H35N5O5.2H2S/c1-5-11-25(12-13-25)29(3)24(33)34-15-20-22(27-28-30(20)4)19-9-10-21(16(2)26-19)35-18-8-6-7-17(14-18)23(31)32;;/h9-10,17-18H,5-8,11-15H2,1-4H3,(H,31,32);2*1H2/t17-,18-;;/m0../s1. The third kappa shape index (κ3) is 6.90. The fourth-order valence-electron chi connectivity index (χ4n) is 4.98. The molecule has 12 heteroatoms. The summed E-state index contributed by atoms with van der Waals surface area (Å²) in [6, 6.07) is 3.64. The van der Waals surface area contributed by atoms with Crippen molar-refractivity contribution in [1.29, 1.82) is 0 Å². The van der Waals surface area contributed by atoms with E-state index in [-0.39, 0.29) is 57.3 Å². The van der Waals surface area contributed by atoms with E-state index in [0.29, 0.717) is 41.4 Å². The molecule has 2 saturated carbocycles. The molecular weight excluding hydrogens is 514 g/mol. The molecule has 0 saturated heterocycles. The molecule has 206 valence electrons. The highest BCUT2D eigenvalue weighted by atomic mass is 32.1. The smallest absolute Gasteiger partial charge is 0.410 e. The number of aryl methyl sites for hydroxylation is 2. The van der Waals surface area contributed by atoms with Crippen LogP contribution in [0.4, 0.5) is 4.79 Å². The van der Waals surface area contributed by atoms with Crippen LogP contribution in [0, 0.1) is 12.8 Å². The van der Waals surface area contributed by atoms with Crippen molar-refractivity contribution in [2.24, 2.45) is 13.0 Å². The Labute approximate surface area is 232 Å². The van der Waals surface area contributed by atoms with E-state index in [0.717, 1.165) is 38.5 Å². The van der Waals surface area contributed by atoms with Crippen LogP contribution in [0.1, 0.15) is 69.7 Å². The Kier molecular flexibility index (Phi) is 10.7. The molecule has 2 heterocycles. The third-order valence-corrected chi connectivity index (χ3v) is 7.35. The number of ether oxygens (including phenoxy) is 2. The second kappa shape index (κ2) is 12.9. The Morgan fingerprint density at radius 3 is 2.59 bits per heavy atom. The van der Waals surface area contributed by atoms with Crippen molar-refractivity contribution in [1.82, 2.24) is 24.9 Å². The number of carbonyl (C=O) groups is 2. The average molecular weight is 554 g/mol. The van der Waals surface area contributed by atoms with E-state index in [1.807, 2.05) is 26.1 Å². The number of amides is 1. The van der Waals surface area contributed by atoms with Gasteiger partial charge in [0.15, 0.2) is 0 Å². The first-order valence-corrected chi connectivity index (χ1v) is 12.4. The minimum Gasteiger partial charge on any atom is -0.489 e. The van der Waals surface area contributed by atoms with Gasteiger partial charge in [-0.25, -0.2) is 14.5 Å². The molecule has 0 unspecified atom stereocenters. The van der Waals surface area contributed by atoms with E-state index in [9.17, 15) is 14.7 Å². The highest BCUT2D eigenvalue weighted by Crippen LogP contribution is 2.45. The van der Waals surface area contributed by atoms with Crippen LogP contribution in [0.2, 0.25) is 0 Å². The number of hydrogen-bond acceptors (Lipinski definition) is 7. The summed E-state index contributed by atoms with van der Waals surface area (Å²) in [6.45, 7) is 4.02. The number of pyridine rings is 1. The van der Waals surface area contributed by atoms with Crippen LogP contribution in [-0.4, -0.2) is 60.7 Å². The summed E-state index contributed by atoms with van der Waals surface area (Å²) in [5.41, 5.74) is 2.44. The Balaban J connectivity index is 0.00000241. The highest BCUT2D eigenvalue weighted by molar-refractivity contribution is 7.59. The van der Waals surface area contributed by atoms with Gasteiger partial charge in [-0.05, 0) is 64.0 Å². The Morgan fingerprint density at radius 1 is 1.24 bits per heavy atom. The van der Waals surface area contributed by atoms with Crippen molar-refractivity contribution in [2.45, 2.75) is 83.5 Å². The number of carboxylic acid groups (broad SMARTS) is 1. The summed E-state index contributed by atoms with van der Waals surface area (Å²) in [4.78, 5) is 30.4. The Morgan fingerprint density at radius 2 is 1.97 bits per heavy atom. The highest BCUT2D eigenvalue weighted by Gasteiger charge is 2.48. The van der Waals surface area contributed by atoms with E-state index in [2.05, 4.69) is 22.2 Å². The van der Waals surface area contributed by atoms with Gasteiger partial charge >= 0.3 is 12.1 Å². The van der Waals surface area contributed by atoms with Crippen LogP contribution in [0.5, 0.6) is 5.75 Å². The van der Waals surface area contributed by atoms with E-state index in [1.54, 1.807) is 16.6 Å². The number of rotatable bonds is 9. The molecule has 0 spiro atoms. The second-order valence-electron chi connectivity index (χ2n) is 9.82. The van der Waals surface area contributed by atoms with Gasteiger partial charge in [-0.1, -0.05) is 18.6 Å². The van der Waals surface area contributed by atoms with Crippen molar-refractivity contribution in [3.63, 3.8) is 0 Å². The van der Waals surface area contributed by atoms with Crippen LogP contribution in [0.15, 0.2) is 12.1 Å². The molecule has 0 aliphatic heterocycles. The van der Waals surface area contributed by atoms with Gasteiger partial charge in [-0.2, -0.15) is 27.0 Å². The molecule has 2 atom stereocenters. The lowest BCUT2D eigenvalue weighted by atomic mass is 9.87. The van der Waals surface area contributed by atoms with Crippen molar-refractivity contribution in [3.05, 3.63) is 23.5 Å². The van der Waals surface area contributed by atoms with Gasteiger partial charge in [-0.15, -0.1) is 5.10 Å². The molecule has 2 aliphatic rings. The summed E-state index contributed by atoms with van der Waals surface area (Å²) in [6.07, 6.45) is 6.42. The minimum atomic E-state index is -0.761. The first-order valence-electron chi connectivity index (χ1n) is 12.4. The summed E-state index contributed by atoms with van der Waals surface area (Å²) < 4.78 is 13.3. The van der Waals surface area contributed by atoms with Crippen molar-refractivity contribution < 1.29 is 24.2 Å². The van der Waals surface area contributed by atoms with Crippen LogP contribution in [0.25, 0.3) is 11.4 Å². The number of carboxylic acids is 1. The maximum Gasteiger partial charge on any atom is 0.410 e. The maximum absolute atomic E-state index is 12.7. The molecule has 0 bridgehead atoms. The Hall–Kier alpha value is -2.47. The third-order valence-electron chi connectivity index (χ3n) is 7.35. The molecule has 2 aromatic heterocycles. The quantitative estimate of drug-likeness (QED) is 0.487. The fourth-order valence-corrected chi connectivity index (χ4v) is 4.98. The summed E-state index contributed by atoms with van der Waals surface area (Å²) in [7, 11) is 3.57. The van der Waals surface area contributed by atoms with Gasteiger partial charge in [0, 0.05) is 19.6 Å². The van der Waals surface area contributed by atoms with E-state index in [1.165, 1.54) is 0 Å². The lowest BCUT2D eigenvalue weighted by molar-refractivity contribution is -0.143. The van der Waals surface area contributed by atoms with E-state index >= 15 is 0 Å². The molecule has 1 amide bonds. The SMILES string of the molecule is CCCC1(N(C)C(=O)OCc2c(-c3ccc(O[C@H]4CCC[C@H](C(=O)O)C4)c(C)n3)nnn2C)CC1.S.S. The molecule has 0 aromatic carbocycles. The zero-order valence-corrected chi connectivity index (χ0v) is 24.0. The first-order chi connectivity index (χ1) is 16.7. The Bertz CT molecular complexity index is 1090. The second-order valence-corrected chi connectivity index (χ2v) is 9.82. The molecule has 1 N–H and O–H groups in total. The lowest BCUT2D eigenvalue weighted by Crippen LogP contribution is -2.39. The number of aliphatic carboxylic acids is 1. The van der Waals surface area contributed by atoms with Gasteiger partial charge in [0.25, 0.3) is 0 Å². The molecule has 4 rings (SSSR count). The largest absolute Gasteiger partial charge is 0.489 e. The zero-order valence-electron chi connectivity index (χ0n) is 22.0. The van der Waals surface area contributed by atoms with Crippen molar-refractivity contribution >= 4 is 39.1 Å². The number of hydrogen-bond donors (Lipinski definition) is 1. The summed E-state index contributed by atoms with van der Waals surface area (Å²) in [5, 5.41) is 17.7. The fraction of sp³-hybridized carbons (Fsp3) is 0.640. The molecule has 10 nitrogen and oxygen atoms in total. The van der Waals surface area contributed by atoms with Gasteiger partial charge in [0.1, 0.15) is 23.7 Å². The van der Waals surface area contributed by atoms with Crippen molar-refractivity contribution in [2.75, 3.05) is 7.05 Å². The van der Waals surface area contributed by atoms with Gasteiger partial charge in [0.2, 0.25) is 0 Å². The topological polar surface area (TPSA) is 120 Å². The average Bonchev–Trinajstić information content (AvgIpc) is 3.53. The van der Waals surface area contributed by atoms with Crippen LogP contribution in [0.3, 0.4) is 0 Å². The van der Waals surface area contributed by atoms with Gasteiger partial charge < -0.3 is 19.5 Å². The van der Waals surface area contributed by atoms with Crippen molar-refractivity contribution in [3.8, 4) is 17.1 Å². The summed E-state index contributed by atoms with van der Waals surface area (Å²) in [5.74, 6) is -0.487. The van der Waals surface area contributed by atoms with Crippen LogP contribution in [-0.2, 0) is 23.2 Å².